The van der Waals surface area contributed by atoms with Gasteiger partial charge in [-0.25, -0.2) is 4.79 Å². The second-order valence-electron chi connectivity index (χ2n) is 12.1. The molecule has 2 aromatic rings. The maximum absolute atomic E-state index is 14.0. The van der Waals surface area contributed by atoms with E-state index in [1.807, 2.05) is 69.2 Å². The molecule has 0 N–H and O–H groups in total. The van der Waals surface area contributed by atoms with Crippen LogP contribution >= 0.6 is 0 Å². The standard InChI is InChI=1S/C32H50N4O5/c1-22(2)17-28(34(7)8)21-40-30(19-26-11-13-27(14-12-26)20-36-16-10-15-33-36)31(38)35(9)29(18-23(3)4)32(39)41-25(6)24(5)37/h10-16,22-23,25,28-30H,17-21H2,1-9H3/t25-,28+,29+,30-/m1/s1. The molecule has 41 heavy (non-hydrogen) atoms. The van der Waals surface area contributed by atoms with Gasteiger partial charge in [0.2, 0.25) is 0 Å². The predicted octanol–water partition coefficient (Wildman–Crippen LogP) is 4.23. The van der Waals surface area contributed by atoms with E-state index in [9.17, 15) is 14.4 Å². The average Bonchev–Trinajstić information content (AvgIpc) is 3.41. The lowest BCUT2D eigenvalue weighted by Crippen LogP contribution is -2.50. The smallest absolute Gasteiger partial charge is 0.329 e. The molecule has 0 spiro atoms. The normalized spacial score (nSPS) is 14.6. The van der Waals surface area contributed by atoms with Gasteiger partial charge in [0.15, 0.2) is 11.9 Å². The summed E-state index contributed by atoms with van der Waals surface area (Å²) in [5, 5.41) is 4.26. The Bertz CT molecular complexity index is 1080. The van der Waals surface area contributed by atoms with Gasteiger partial charge >= 0.3 is 5.97 Å². The van der Waals surface area contributed by atoms with Gasteiger partial charge in [-0.2, -0.15) is 5.10 Å². The van der Waals surface area contributed by atoms with Crippen molar-refractivity contribution >= 4 is 17.7 Å². The zero-order valence-corrected chi connectivity index (χ0v) is 26.4. The van der Waals surface area contributed by atoms with Gasteiger partial charge in [-0.1, -0.05) is 52.0 Å². The van der Waals surface area contributed by atoms with Gasteiger partial charge in [0.25, 0.3) is 5.91 Å². The number of nitrogens with zero attached hydrogens (tertiary/aromatic N) is 4. The molecule has 1 heterocycles. The number of ketones is 1. The lowest BCUT2D eigenvalue weighted by Gasteiger charge is -2.33. The van der Waals surface area contributed by atoms with E-state index in [2.05, 4.69) is 23.8 Å². The summed E-state index contributed by atoms with van der Waals surface area (Å²) >= 11 is 0. The number of ether oxygens (including phenoxy) is 2. The Labute approximate surface area is 246 Å². The number of benzene rings is 1. The van der Waals surface area contributed by atoms with E-state index in [-0.39, 0.29) is 23.7 Å². The summed E-state index contributed by atoms with van der Waals surface area (Å²) in [6, 6.07) is 9.29. The van der Waals surface area contributed by atoms with E-state index in [0.717, 1.165) is 17.5 Å². The second kappa shape index (κ2) is 16.4. The Hall–Kier alpha value is -3.04. The molecular weight excluding hydrogens is 520 g/mol. The maximum atomic E-state index is 14.0. The number of aromatic nitrogens is 2. The molecule has 1 aromatic carbocycles. The van der Waals surface area contributed by atoms with Gasteiger partial charge < -0.3 is 19.3 Å². The van der Waals surface area contributed by atoms with Gasteiger partial charge in [-0.05, 0) is 69.8 Å². The summed E-state index contributed by atoms with van der Waals surface area (Å²) in [6.07, 6.45) is 3.71. The number of carbonyl (C=O) groups excluding carboxylic acids is 3. The van der Waals surface area contributed by atoms with E-state index in [4.69, 9.17) is 9.47 Å². The number of Topliss-reactive ketones (excluding diaryl/α,β-unsaturated/α-hetero) is 1. The molecule has 0 saturated heterocycles. The highest BCUT2D eigenvalue weighted by Crippen LogP contribution is 2.19. The number of amides is 1. The number of rotatable bonds is 17. The van der Waals surface area contributed by atoms with Crippen molar-refractivity contribution in [3.8, 4) is 0 Å². The van der Waals surface area contributed by atoms with Crippen LogP contribution in [0, 0.1) is 11.8 Å². The topological polar surface area (TPSA) is 94.0 Å². The SMILES string of the molecule is CC(=O)[C@@H](C)OC(=O)[C@H](CC(C)C)N(C)C(=O)[C@@H](Cc1ccc(Cn2cccn2)cc1)OC[C@H](CC(C)C)N(C)C. The Morgan fingerprint density at radius 2 is 1.54 bits per heavy atom. The minimum Gasteiger partial charge on any atom is -0.453 e. The predicted molar refractivity (Wildman–Crippen MR) is 160 cm³/mol. The van der Waals surface area contributed by atoms with Crippen LogP contribution in [-0.2, 0) is 36.8 Å². The maximum Gasteiger partial charge on any atom is 0.329 e. The molecule has 0 radical (unpaired) electrons. The fourth-order valence-electron chi connectivity index (χ4n) is 4.57. The van der Waals surface area contributed by atoms with Crippen molar-refractivity contribution in [1.82, 2.24) is 19.6 Å². The number of carbonyl (C=O) groups is 3. The van der Waals surface area contributed by atoms with Crippen molar-refractivity contribution in [3.05, 3.63) is 53.9 Å². The molecule has 1 aromatic heterocycles. The summed E-state index contributed by atoms with van der Waals surface area (Å²) in [5.41, 5.74) is 2.06. The monoisotopic (exact) mass is 570 g/mol. The Balaban J connectivity index is 2.29. The third kappa shape index (κ3) is 11.4. The molecule has 228 valence electrons. The van der Waals surface area contributed by atoms with Crippen molar-refractivity contribution in [3.63, 3.8) is 0 Å². The van der Waals surface area contributed by atoms with Crippen molar-refractivity contribution in [1.29, 1.82) is 0 Å². The number of hydrogen-bond donors (Lipinski definition) is 0. The molecule has 9 nitrogen and oxygen atoms in total. The van der Waals surface area contributed by atoms with E-state index in [1.165, 1.54) is 11.8 Å². The molecule has 2 rings (SSSR count). The first-order valence-electron chi connectivity index (χ1n) is 14.6. The van der Waals surface area contributed by atoms with E-state index < -0.39 is 24.2 Å². The van der Waals surface area contributed by atoms with Crippen molar-refractivity contribution < 1.29 is 23.9 Å². The average molecular weight is 571 g/mol. The minimum atomic E-state index is -0.871. The first-order chi connectivity index (χ1) is 19.3. The molecule has 0 bridgehead atoms. The summed E-state index contributed by atoms with van der Waals surface area (Å²) in [5.74, 6) is -0.511. The highest BCUT2D eigenvalue weighted by Gasteiger charge is 2.35. The van der Waals surface area contributed by atoms with Gasteiger partial charge in [0.1, 0.15) is 12.1 Å². The van der Waals surface area contributed by atoms with Gasteiger partial charge in [0, 0.05) is 31.9 Å². The van der Waals surface area contributed by atoms with E-state index >= 15 is 0 Å². The molecule has 0 aliphatic rings. The Morgan fingerprint density at radius 3 is 2.05 bits per heavy atom. The molecule has 0 aliphatic carbocycles. The van der Waals surface area contributed by atoms with Gasteiger partial charge in [0.05, 0.1) is 13.2 Å². The first kappa shape index (κ1) is 34.2. The van der Waals surface area contributed by atoms with E-state index in [1.54, 1.807) is 20.2 Å². The summed E-state index contributed by atoms with van der Waals surface area (Å²) in [6.45, 7) is 12.3. The molecule has 4 atom stereocenters. The number of esters is 1. The van der Waals surface area contributed by atoms with Crippen molar-refractivity contribution in [2.24, 2.45) is 11.8 Å². The molecule has 0 fully saturated rings. The van der Waals surface area contributed by atoms with Crippen LogP contribution in [0.5, 0.6) is 0 Å². The molecular formula is C32H50N4O5. The fraction of sp³-hybridized carbons (Fsp3) is 0.625. The highest BCUT2D eigenvalue weighted by atomic mass is 16.5. The van der Waals surface area contributed by atoms with Gasteiger partial charge in [-0.3, -0.25) is 14.3 Å². The van der Waals surface area contributed by atoms with Crippen LogP contribution in [0.4, 0.5) is 0 Å². The molecule has 1 amide bonds. The fourth-order valence-corrected chi connectivity index (χ4v) is 4.57. The largest absolute Gasteiger partial charge is 0.453 e. The Kier molecular flexibility index (Phi) is 13.7. The summed E-state index contributed by atoms with van der Waals surface area (Å²) in [4.78, 5) is 42.4. The first-order valence-corrected chi connectivity index (χ1v) is 14.6. The summed E-state index contributed by atoms with van der Waals surface area (Å²) < 4.78 is 13.7. The lowest BCUT2D eigenvalue weighted by molar-refractivity contribution is -0.164. The zero-order chi connectivity index (χ0) is 30.7. The number of hydrogen-bond acceptors (Lipinski definition) is 7. The zero-order valence-electron chi connectivity index (χ0n) is 26.4. The van der Waals surface area contributed by atoms with Crippen molar-refractivity contribution in [2.45, 2.75) is 91.6 Å². The van der Waals surface area contributed by atoms with Crippen LogP contribution in [0.15, 0.2) is 42.7 Å². The van der Waals surface area contributed by atoms with Crippen LogP contribution in [0.2, 0.25) is 0 Å². The second-order valence-corrected chi connectivity index (χ2v) is 12.1. The molecule has 9 heteroatoms. The van der Waals surface area contributed by atoms with Crippen LogP contribution in [-0.4, -0.2) is 89.3 Å². The van der Waals surface area contributed by atoms with E-state index in [0.29, 0.717) is 31.9 Å². The quantitative estimate of drug-likeness (QED) is 0.263. The number of likely N-dealkylation sites (N-methyl/N-ethyl adjacent to an activating group) is 2. The molecule has 0 unspecified atom stereocenters. The lowest BCUT2D eigenvalue weighted by atomic mass is 10.00. The third-order valence-corrected chi connectivity index (χ3v) is 7.23. The highest BCUT2D eigenvalue weighted by molar-refractivity contribution is 5.89. The van der Waals surface area contributed by atoms with Gasteiger partial charge in [-0.15, -0.1) is 0 Å². The molecule has 0 saturated carbocycles. The van der Waals surface area contributed by atoms with Crippen molar-refractivity contribution in [2.75, 3.05) is 27.7 Å². The summed E-state index contributed by atoms with van der Waals surface area (Å²) in [7, 11) is 5.65. The Morgan fingerprint density at radius 1 is 0.927 bits per heavy atom. The van der Waals surface area contributed by atoms with Crippen LogP contribution in [0.3, 0.4) is 0 Å². The van der Waals surface area contributed by atoms with Crippen LogP contribution in [0.25, 0.3) is 0 Å². The molecule has 0 aliphatic heterocycles. The van der Waals surface area contributed by atoms with Crippen LogP contribution < -0.4 is 0 Å². The third-order valence-electron chi connectivity index (χ3n) is 7.23. The minimum absolute atomic E-state index is 0.126. The van der Waals surface area contributed by atoms with Crippen LogP contribution in [0.1, 0.15) is 65.5 Å².